The second-order valence-corrected chi connectivity index (χ2v) is 4.34. The number of hydrogen-bond donors (Lipinski definition) is 1. The maximum Gasteiger partial charge on any atom is 0.0948 e. The Labute approximate surface area is 103 Å². The molecule has 17 heavy (non-hydrogen) atoms. The summed E-state index contributed by atoms with van der Waals surface area (Å²) in [5.74, 6) is 0. The van der Waals surface area contributed by atoms with E-state index in [2.05, 4.69) is 53.8 Å². The molecule has 0 aliphatic heterocycles. The van der Waals surface area contributed by atoms with Crippen LogP contribution >= 0.6 is 0 Å². The van der Waals surface area contributed by atoms with Crippen LogP contribution in [0.4, 0.5) is 5.69 Å². The van der Waals surface area contributed by atoms with Crippen LogP contribution in [0.1, 0.15) is 23.7 Å². The van der Waals surface area contributed by atoms with E-state index in [1.165, 1.54) is 22.5 Å². The maximum atomic E-state index is 4.16. The van der Waals surface area contributed by atoms with E-state index in [0.29, 0.717) is 0 Å². The third-order valence-corrected chi connectivity index (χ3v) is 2.98. The van der Waals surface area contributed by atoms with Gasteiger partial charge in [-0.15, -0.1) is 0 Å². The highest BCUT2D eigenvalue weighted by Crippen LogP contribution is 2.16. The lowest BCUT2D eigenvalue weighted by Crippen LogP contribution is -2.06. The highest BCUT2D eigenvalue weighted by Gasteiger charge is 2.02. The molecule has 3 nitrogen and oxygen atoms in total. The van der Waals surface area contributed by atoms with Gasteiger partial charge in [0.05, 0.1) is 18.6 Å². The summed E-state index contributed by atoms with van der Waals surface area (Å²) in [5.41, 5.74) is 4.99. The smallest absolute Gasteiger partial charge is 0.0948 e. The van der Waals surface area contributed by atoms with Crippen molar-refractivity contribution in [3.63, 3.8) is 0 Å². The zero-order chi connectivity index (χ0) is 12.3. The average molecular weight is 229 g/mol. The SMILES string of the molecule is CCn1cncc1CNc1ccc(C)cc1C. The van der Waals surface area contributed by atoms with Gasteiger partial charge < -0.3 is 9.88 Å². The third-order valence-electron chi connectivity index (χ3n) is 2.98. The fraction of sp³-hybridized carbons (Fsp3) is 0.357. The Hall–Kier alpha value is -1.77. The van der Waals surface area contributed by atoms with Gasteiger partial charge in [0.25, 0.3) is 0 Å². The van der Waals surface area contributed by atoms with E-state index < -0.39 is 0 Å². The predicted molar refractivity (Wildman–Crippen MR) is 71.1 cm³/mol. The molecule has 0 aliphatic carbocycles. The van der Waals surface area contributed by atoms with Crippen LogP contribution < -0.4 is 5.32 Å². The number of aromatic nitrogens is 2. The number of aryl methyl sites for hydroxylation is 3. The van der Waals surface area contributed by atoms with Crippen LogP contribution in [-0.2, 0) is 13.1 Å². The van der Waals surface area contributed by atoms with Crippen molar-refractivity contribution in [3.05, 3.63) is 47.5 Å². The molecule has 0 saturated carbocycles. The van der Waals surface area contributed by atoms with Crippen LogP contribution in [0.2, 0.25) is 0 Å². The van der Waals surface area contributed by atoms with Crippen LogP contribution in [0.5, 0.6) is 0 Å². The molecule has 0 saturated heterocycles. The molecular formula is C14H19N3. The Bertz CT molecular complexity index is 500. The van der Waals surface area contributed by atoms with Crippen LogP contribution in [0.3, 0.4) is 0 Å². The molecule has 0 fully saturated rings. The predicted octanol–water partition coefficient (Wildman–Crippen LogP) is 3.13. The lowest BCUT2D eigenvalue weighted by Gasteiger charge is -2.11. The Morgan fingerprint density at radius 1 is 1.29 bits per heavy atom. The quantitative estimate of drug-likeness (QED) is 0.873. The molecule has 0 atom stereocenters. The molecule has 0 aliphatic rings. The van der Waals surface area contributed by atoms with E-state index in [1.807, 2.05) is 12.5 Å². The van der Waals surface area contributed by atoms with Gasteiger partial charge in [-0.3, -0.25) is 0 Å². The lowest BCUT2D eigenvalue weighted by atomic mass is 10.1. The number of nitrogens with one attached hydrogen (secondary N) is 1. The molecule has 0 bridgehead atoms. The Kier molecular flexibility index (Phi) is 3.47. The normalized spacial score (nSPS) is 10.5. The summed E-state index contributed by atoms with van der Waals surface area (Å²) in [6.07, 6.45) is 3.79. The van der Waals surface area contributed by atoms with Crippen molar-refractivity contribution in [2.45, 2.75) is 33.9 Å². The summed E-state index contributed by atoms with van der Waals surface area (Å²) < 4.78 is 2.15. The van der Waals surface area contributed by atoms with Crippen molar-refractivity contribution in [2.75, 3.05) is 5.32 Å². The molecule has 1 N–H and O–H groups in total. The highest BCUT2D eigenvalue weighted by molar-refractivity contribution is 5.51. The molecule has 0 unspecified atom stereocenters. The van der Waals surface area contributed by atoms with E-state index in [9.17, 15) is 0 Å². The lowest BCUT2D eigenvalue weighted by molar-refractivity contribution is 0.719. The summed E-state index contributed by atoms with van der Waals surface area (Å²) in [4.78, 5) is 4.16. The molecule has 1 aromatic heterocycles. The number of anilines is 1. The first-order chi connectivity index (χ1) is 8.20. The molecule has 2 rings (SSSR count). The summed E-state index contributed by atoms with van der Waals surface area (Å²) in [7, 11) is 0. The molecule has 1 aromatic carbocycles. The van der Waals surface area contributed by atoms with Gasteiger partial charge in [-0.1, -0.05) is 17.7 Å². The summed E-state index contributed by atoms with van der Waals surface area (Å²) in [6, 6.07) is 6.46. The van der Waals surface area contributed by atoms with Crippen molar-refractivity contribution in [3.8, 4) is 0 Å². The summed E-state index contributed by atoms with van der Waals surface area (Å²) in [6.45, 7) is 8.15. The number of imidazole rings is 1. The standard InChI is InChI=1S/C14H19N3/c1-4-17-10-15-8-13(17)9-16-14-6-5-11(2)7-12(14)3/h5-8,10,16H,4,9H2,1-3H3. The van der Waals surface area contributed by atoms with Gasteiger partial charge >= 0.3 is 0 Å². The van der Waals surface area contributed by atoms with E-state index in [-0.39, 0.29) is 0 Å². The molecule has 2 aromatic rings. The molecule has 3 heteroatoms. The molecule has 0 spiro atoms. The molecule has 0 radical (unpaired) electrons. The number of hydrogen-bond acceptors (Lipinski definition) is 2. The van der Waals surface area contributed by atoms with Crippen molar-refractivity contribution < 1.29 is 0 Å². The first-order valence-corrected chi connectivity index (χ1v) is 6.01. The fourth-order valence-corrected chi connectivity index (χ4v) is 1.98. The minimum Gasteiger partial charge on any atom is -0.379 e. The van der Waals surface area contributed by atoms with Crippen molar-refractivity contribution in [2.24, 2.45) is 0 Å². The number of benzene rings is 1. The highest BCUT2D eigenvalue weighted by atomic mass is 15.1. The average Bonchev–Trinajstić information content (AvgIpc) is 2.75. The van der Waals surface area contributed by atoms with Gasteiger partial charge in [-0.2, -0.15) is 0 Å². The largest absolute Gasteiger partial charge is 0.379 e. The Balaban J connectivity index is 2.07. The van der Waals surface area contributed by atoms with Gasteiger partial charge in [-0.25, -0.2) is 4.98 Å². The van der Waals surface area contributed by atoms with E-state index >= 15 is 0 Å². The molecular weight excluding hydrogens is 210 g/mol. The topological polar surface area (TPSA) is 29.9 Å². The third kappa shape index (κ3) is 2.67. The van der Waals surface area contributed by atoms with Crippen LogP contribution in [-0.4, -0.2) is 9.55 Å². The molecule has 1 heterocycles. The van der Waals surface area contributed by atoms with Gasteiger partial charge in [0.15, 0.2) is 0 Å². The van der Waals surface area contributed by atoms with Crippen LogP contribution in [0, 0.1) is 13.8 Å². The second-order valence-electron chi connectivity index (χ2n) is 4.34. The molecule has 0 amide bonds. The number of rotatable bonds is 4. The monoisotopic (exact) mass is 229 g/mol. The zero-order valence-electron chi connectivity index (χ0n) is 10.7. The van der Waals surface area contributed by atoms with E-state index in [4.69, 9.17) is 0 Å². The second kappa shape index (κ2) is 5.04. The first kappa shape index (κ1) is 11.7. The summed E-state index contributed by atoms with van der Waals surface area (Å²) >= 11 is 0. The Morgan fingerprint density at radius 2 is 2.12 bits per heavy atom. The van der Waals surface area contributed by atoms with Crippen molar-refractivity contribution >= 4 is 5.69 Å². The summed E-state index contributed by atoms with van der Waals surface area (Å²) in [5, 5.41) is 3.46. The van der Waals surface area contributed by atoms with E-state index in [0.717, 1.165) is 13.1 Å². The van der Waals surface area contributed by atoms with E-state index in [1.54, 1.807) is 0 Å². The van der Waals surface area contributed by atoms with Gasteiger partial charge in [0.2, 0.25) is 0 Å². The van der Waals surface area contributed by atoms with Crippen molar-refractivity contribution in [1.82, 2.24) is 9.55 Å². The number of nitrogens with zero attached hydrogens (tertiary/aromatic N) is 2. The van der Waals surface area contributed by atoms with Crippen molar-refractivity contribution in [1.29, 1.82) is 0 Å². The maximum absolute atomic E-state index is 4.16. The van der Waals surface area contributed by atoms with Gasteiger partial charge in [0, 0.05) is 18.4 Å². The fourth-order valence-electron chi connectivity index (χ4n) is 1.98. The van der Waals surface area contributed by atoms with Gasteiger partial charge in [0.1, 0.15) is 0 Å². The van der Waals surface area contributed by atoms with Crippen LogP contribution in [0.15, 0.2) is 30.7 Å². The van der Waals surface area contributed by atoms with Crippen LogP contribution in [0.25, 0.3) is 0 Å². The first-order valence-electron chi connectivity index (χ1n) is 6.01. The Morgan fingerprint density at radius 3 is 2.82 bits per heavy atom. The minimum absolute atomic E-state index is 0.817. The molecule has 90 valence electrons. The van der Waals surface area contributed by atoms with Gasteiger partial charge in [-0.05, 0) is 32.4 Å². The minimum atomic E-state index is 0.817. The zero-order valence-corrected chi connectivity index (χ0v) is 10.7.